The van der Waals surface area contributed by atoms with Gasteiger partial charge in [0, 0.05) is 44.2 Å². The number of hydrogen-bond donors (Lipinski definition) is 1. The van der Waals surface area contributed by atoms with E-state index in [4.69, 9.17) is 4.74 Å². The molecule has 0 radical (unpaired) electrons. The molecule has 0 bridgehead atoms. The van der Waals surface area contributed by atoms with Gasteiger partial charge in [-0.25, -0.2) is 9.97 Å². The molecule has 0 amide bonds. The van der Waals surface area contributed by atoms with E-state index in [0.717, 1.165) is 30.5 Å². The first-order valence-corrected chi connectivity index (χ1v) is 6.85. The van der Waals surface area contributed by atoms with Crippen molar-refractivity contribution in [2.24, 2.45) is 0 Å². The molecule has 98 valence electrons. The number of methoxy groups -OCH3 is 1. The number of aryl methyl sites for hydroxylation is 1. The molecule has 2 heterocycles. The summed E-state index contributed by atoms with van der Waals surface area (Å²) in [5, 5.41) is 6.43. The zero-order valence-electron chi connectivity index (χ0n) is 10.7. The lowest BCUT2D eigenvalue weighted by molar-refractivity contribution is 0.190. The molecule has 0 aliphatic rings. The molecule has 1 atom stereocenters. The van der Waals surface area contributed by atoms with Crippen molar-refractivity contribution in [2.75, 3.05) is 19.0 Å². The van der Waals surface area contributed by atoms with Gasteiger partial charge in [-0.15, -0.1) is 11.3 Å². The molecule has 0 aromatic carbocycles. The van der Waals surface area contributed by atoms with E-state index >= 15 is 0 Å². The number of aromatic nitrogens is 3. The van der Waals surface area contributed by atoms with Crippen molar-refractivity contribution in [2.45, 2.75) is 25.9 Å². The highest BCUT2D eigenvalue weighted by Gasteiger charge is 2.10. The van der Waals surface area contributed by atoms with Crippen molar-refractivity contribution in [3.8, 4) is 0 Å². The number of anilines is 1. The monoisotopic (exact) mass is 266 g/mol. The van der Waals surface area contributed by atoms with Crippen LogP contribution < -0.4 is 5.32 Å². The Morgan fingerprint density at radius 3 is 3.06 bits per heavy atom. The third kappa shape index (κ3) is 3.30. The van der Waals surface area contributed by atoms with Crippen LogP contribution in [0.2, 0.25) is 0 Å². The summed E-state index contributed by atoms with van der Waals surface area (Å²) < 4.78 is 7.16. The number of nitrogens with zero attached hydrogens (tertiary/aromatic N) is 3. The number of nitrogens with one attached hydrogen (secondary N) is 1. The van der Waals surface area contributed by atoms with Crippen molar-refractivity contribution in [3.63, 3.8) is 0 Å². The maximum atomic E-state index is 5.06. The van der Waals surface area contributed by atoms with Crippen LogP contribution in [0.1, 0.15) is 24.4 Å². The van der Waals surface area contributed by atoms with Crippen LogP contribution in [0.4, 0.5) is 5.95 Å². The van der Waals surface area contributed by atoms with Crippen LogP contribution in [-0.2, 0) is 11.3 Å². The van der Waals surface area contributed by atoms with Gasteiger partial charge in [-0.1, -0.05) is 0 Å². The molecule has 2 aromatic rings. The highest BCUT2D eigenvalue weighted by molar-refractivity contribution is 7.09. The first-order chi connectivity index (χ1) is 8.81. The smallest absolute Gasteiger partial charge is 0.203 e. The molecule has 18 heavy (non-hydrogen) atoms. The predicted molar refractivity (Wildman–Crippen MR) is 72.9 cm³/mol. The van der Waals surface area contributed by atoms with E-state index in [1.165, 1.54) is 0 Å². The average molecular weight is 266 g/mol. The highest BCUT2D eigenvalue weighted by Crippen LogP contribution is 2.19. The molecule has 0 fully saturated rings. The van der Waals surface area contributed by atoms with Gasteiger partial charge in [-0.3, -0.25) is 0 Å². The second-order valence-electron chi connectivity index (χ2n) is 4.03. The van der Waals surface area contributed by atoms with E-state index in [0.29, 0.717) is 0 Å². The summed E-state index contributed by atoms with van der Waals surface area (Å²) in [5.41, 5.74) is 0. The lowest BCUT2D eigenvalue weighted by Crippen LogP contribution is -2.12. The topological polar surface area (TPSA) is 52.0 Å². The second kappa shape index (κ2) is 6.51. The first-order valence-electron chi connectivity index (χ1n) is 5.97. The number of hydrogen-bond acceptors (Lipinski definition) is 5. The van der Waals surface area contributed by atoms with Crippen LogP contribution in [0.25, 0.3) is 0 Å². The largest absolute Gasteiger partial charge is 0.385 e. The molecule has 0 saturated carbocycles. The zero-order chi connectivity index (χ0) is 12.8. The fourth-order valence-corrected chi connectivity index (χ4v) is 2.36. The molecule has 1 unspecified atom stereocenters. The Kier molecular flexibility index (Phi) is 4.72. The minimum absolute atomic E-state index is 0.175. The van der Waals surface area contributed by atoms with Crippen LogP contribution >= 0.6 is 11.3 Å². The van der Waals surface area contributed by atoms with Gasteiger partial charge in [0.05, 0.1) is 6.04 Å². The maximum absolute atomic E-state index is 5.06. The van der Waals surface area contributed by atoms with Crippen molar-refractivity contribution in [3.05, 3.63) is 29.0 Å². The average Bonchev–Trinajstić information content (AvgIpc) is 3.01. The lowest BCUT2D eigenvalue weighted by atomic mass is 10.3. The molecular formula is C12H18N4OS. The van der Waals surface area contributed by atoms with Crippen LogP contribution in [-0.4, -0.2) is 28.3 Å². The zero-order valence-corrected chi connectivity index (χ0v) is 11.5. The second-order valence-corrected chi connectivity index (χ2v) is 4.95. The number of rotatable bonds is 7. The Balaban J connectivity index is 1.94. The van der Waals surface area contributed by atoms with Crippen molar-refractivity contribution in [1.82, 2.24) is 14.5 Å². The predicted octanol–water partition coefficient (Wildman–Crippen LogP) is 2.55. The standard InChI is InChI=1S/C12H18N4OS/c1-10(11-13-5-9-18-11)15-12-14-4-7-16(12)6-3-8-17-2/h4-5,7,9-10H,3,6,8H2,1-2H3,(H,14,15). The SMILES string of the molecule is COCCCn1ccnc1NC(C)c1nccs1. The van der Waals surface area contributed by atoms with Gasteiger partial charge in [-0.05, 0) is 13.3 Å². The molecule has 0 saturated heterocycles. The van der Waals surface area contributed by atoms with E-state index in [9.17, 15) is 0 Å². The van der Waals surface area contributed by atoms with Crippen LogP contribution in [0, 0.1) is 0 Å². The normalized spacial score (nSPS) is 12.6. The van der Waals surface area contributed by atoms with Gasteiger partial charge >= 0.3 is 0 Å². The fourth-order valence-electron chi connectivity index (χ4n) is 1.71. The molecule has 5 nitrogen and oxygen atoms in total. The maximum Gasteiger partial charge on any atom is 0.203 e. The van der Waals surface area contributed by atoms with Crippen molar-refractivity contribution >= 4 is 17.3 Å². The summed E-state index contributed by atoms with van der Waals surface area (Å²) in [6.45, 7) is 3.76. The molecule has 0 spiro atoms. The summed E-state index contributed by atoms with van der Waals surface area (Å²) >= 11 is 1.65. The number of ether oxygens (including phenoxy) is 1. The van der Waals surface area contributed by atoms with E-state index in [1.807, 2.05) is 24.0 Å². The van der Waals surface area contributed by atoms with Gasteiger partial charge in [0.2, 0.25) is 5.95 Å². The summed E-state index contributed by atoms with van der Waals surface area (Å²) in [6, 6.07) is 0.175. The van der Waals surface area contributed by atoms with E-state index < -0.39 is 0 Å². The summed E-state index contributed by atoms with van der Waals surface area (Å²) in [6.07, 6.45) is 6.59. The Labute approximate surface area is 111 Å². The summed E-state index contributed by atoms with van der Waals surface area (Å²) in [5.74, 6) is 0.883. The summed E-state index contributed by atoms with van der Waals surface area (Å²) in [4.78, 5) is 8.63. The molecule has 2 aromatic heterocycles. The van der Waals surface area contributed by atoms with E-state index in [-0.39, 0.29) is 6.04 Å². The molecule has 1 N–H and O–H groups in total. The number of imidazole rings is 1. The van der Waals surface area contributed by atoms with Gasteiger partial charge in [0.15, 0.2) is 0 Å². The Morgan fingerprint density at radius 1 is 1.44 bits per heavy atom. The Bertz CT molecular complexity index is 454. The van der Waals surface area contributed by atoms with Gasteiger partial charge < -0.3 is 14.6 Å². The fraction of sp³-hybridized carbons (Fsp3) is 0.500. The third-order valence-electron chi connectivity index (χ3n) is 2.63. The summed E-state index contributed by atoms with van der Waals surface area (Å²) in [7, 11) is 1.72. The molecular weight excluding hydrogens is 248 g/mol. The van der Waals surface area contributed by atoms with Crippen LogP contribution in [0.5, 0.6) is 0 Å². The Hall–Kier alpha value is -1.40. The van der Waals surface area contributed by atoms with E-state index in [2.05, 4.69) is 26.8 Å². The van der Waals surface area contributed by atoms with E-state index in [1.54, 1.807) is 18.4 Å². The minimum atomic E-state index is 0.175. The van der Waals surface area contributed by atoms with Gasteiger partial charge in [0.1, 0.15) is 5.01 Å². The molecule has 6 heteroatoms. The van der Waals surface area contributed by atoms with Gasteiger partial charge in [-0.2, -0.15) is 0 Å². The first kappa shape index (κ1) is 13.0. The quantitative estimate of drug-likeness (QED) is 0.782. The Morgan fingerprint density at radius 2 is 2.33 bits per heavy atom. The van der Waals surface area contributed by atoms with Crippen molar-refractivity contribution < 1.29 is 4.74 Å². The molecule has 2 rings (SSSR count). The molecule has 0 aliphatic heterocycles. The van der Waals surface area contributed by atoms with Gasteiger partial charge in [0.25, 0.3) is 0 Å². The lowest BCUT2D eigenvalue weighted by Gasteiger charge is -2.14. The highest BCUT2D eigenvalue weighted by atomic mass is 32.1. The third-order valence-corrected chi connectivity index (χ3v) is 3.59. The van der Waals surface area contributed by atoms with Crippen LogP contribution in [0.15, 0.2) is 24.0 Å². The molecule has 0 aliphatic carbocycles. The van der Waals surface area contributed by atoms with Crippen LogP contribution in [0.3, 0.4) is 0 Å². The minimum Gasteiger partial charge on any atom is -0.385 e. The number of thiazole rings is 1. The van der Waals surface area contributed by atoms with Crippen molar-refractivity contribution in [1.29, 1.82) is 0 Å².